The number of H-pyrrole nitrogens is 1. The molecule has 0 aliphatic heterocycles. The highest BCUT2D eigenvalue weighted by atomic mass is 19.1. The van der Waals surface area contributed by atoms with Gasteiger partial charge in [0.2, 0.25) is 0 Å². The molecule has 0 unspecified atom stereocenters. The van der Waals surface area contributed by atoms with Gasteiger partial charge < -0.3 is 11.1 Å². The number of nitrogens with two attached hydrogens (primary N) is 1. The van der Waals surface area contributed by atoms with E-state index in [4.69, 9.17) is 10.6 Å². The van der Waals surface area contributed by atoms with Crippen LogP contribution in [0.4, 0.5) is 20.2 Å². The number of carbonyl (C=O) groups excluding carboxylic acids is 1. The Balaban J connectivity index is 0.000000575. The molecule has 160 valence electrons. The summed E-state index contributed by atoms with van der Waals surface area (Å²) in [5, 5.41) is 12.8. The minimum Gasteiger partial charge on any atom is -0.396 e. The molecule has 30 heavy (non-hydrogen) atoms. The Bertz CT molecular complexity index is 1040. The maximum atomic E-state index is 14.0. The van der Waals surface area contributed by atoms with Gasteiger partial charge in [-0.15, -0.1) is 0 Å². The van der Waals surface area contributed by atoms with Crippen molar-refractivity contribution in [2.24, 2.45) is 11.1 Å². The number of aromatic nitrogens is 3. The van der Waals surface area contributed by atoms with Gasteiger partial charge in [-0.3, -0.25) is 9.89 Å². The first-order valence-corrected chi connectivity index (χ1v) is 9.45. The molecule has 0 aliphatic carbocycles. The van der Waals surface area contributed by atoms with Gasteiger partial charge in [0.25, 0.3) is 5.91 Å². The summed E-state index contributed by atoms with van der Waals surface area (Å²) in [5.41, 5.74) is 6.08. The van der Waals surface area contributed by atoms with E-state index in [9.17, 15) is 13.6 Å². The van der Waals surface area contributed by atoms with Crippen LogP contribution in [0.15, 0.2) is 29.6 Å². The van der Waals surface area contributed by atoms with Crippen LogP contribution < -0.4 is 11.1 Å². The maximum absolute atomic E-state index is 14.0. The highest BCUT2D eigenvalue weighted by Crippen LogP contribution is 2.23. The largest absolute Gasteiger partial charge is 0.396 e. The molecule has 8 nitrogen and oxygen atoms in total. The molecular weight excluding hydrogens is 394 g/mol. The van der Waals surface area contributed by atoms with Crippen molar-refractivity contribution in [2.45, 2.75) is 33.6 Å². The van der Waals surface area contributed by atoms with Crippen molar-refractivity contribution < 1.29 is 13.6 Å². The Labute approximate surface area is 172 Å². The van der Waals surface area contributed by atoms with E-state index in [2.05, 4.69) is 39.5 Å². The van der Waals surface area contributed by atoms with Crippen molar-refractivity contribution in [3.8, 4) is 0 Å². The van der Waals surface area contributed by atoms with E-state index in [1.165, 1.54) is 6.20 Å². The van der Waals surface area contributed by atoms with Gasteiger partial charge in [0.15, 0.2) is 11.5 Å². The molecule has 0 bridgehead atoms. The fourth-order valence-corrected chi connectivity index (χ4v) is 2.64. The summed E-state index contributed by atoms with van der Waals surface area (Å²) in [6.45, 7) is 6.51. The summed E-state index contributed by atoms with van der Waals surface area (Å²) >= 11 is 0. The van der Waals surface area contributed by atoms with Crippen molar-refractivity contribution in [1.29, 1.82) is 0 Å². The van der Waals surface area contributed by atoms with Crippen LogP contribution in [0.1, 0.15) is 43.2 Å². The molecule has 0 atom stereocenters. The average molecular weight is 418 g/mol. The van der Waals surface area contributed by atoms with E-state index in [1.54, 1.807) is 6.07 Å². The number of carbonyl (C=O) groups is 1. The van der Waals surface area contributed by atoms with E-state index >= 15 is 0 Å². The lowest BCUT2D eigenvalue weighted by Gasteiger charge is -2.09. The second-order valence-corrected chi connectivity index (χ2v) is 7.03. The first-order valence-electron chi connectivity index (χ1n) is 9.45. The number of pyridine rings is 1. The van der Waals surface area contributed by atoms with Gasteiger partial charge in [0.05, 0.1) is 24.1 Å². The number of anilines is 2. The lowest BCUT2D eigenvalue weighted by atomic mass is 10.1. The van der Waals surface area contributed by atoms with Crippen LogP contribution >= 0.6 is 0 Å². The topological polar surface area (TPSA) is 126 Å². The zero-order chi connectivity index (χ0) is 22.3. The van der Waals surface area contributed by atoms with Crippen LogP contribution in [0.3, 0.4) is 0 Å². The molecule has 3 aromatic rings. The molecule has 4 N–H and O–H groups in total. The van der Waals surface area contributed by atoms with Gasteiger partial charge >= 0.3 is 0 Å². The summed E-state index contributed by atoms with van der Waals surface area (Å²) in [4.78, 5) is 25.6. The molecular formula is C20H24F2N6O2. The van der Waals surface area contributed by atoms with Crippen LogP contribution in [0.2, 0.25) is 0 Å². The zero-order valence-electron chi connectivity index (χ0n) is 17.0. The van der Waals surface area contributed by atoms with Crippen molar-refractivity contribution in [3.63, 3.8) is 0 Å². The minimum atomic E-state index is -1.09. The molecule has 0 spiro atoms. The standard InChI is InChI=1S/C17H17F2N5O.C3H7NO/c1-8(2)5-13-10-6-9(7-21-16(10)24-23-13)22-17(25)14-11(18)3-4-12(20)15(14)19;1-2-3-4-5/h3-4,6-8H,5,20H2,1-2H3,(H,22,25)(H,21,23,24);2-3H2,1H3. The number of hydrogen-bond donors (Lipinski definition) is 3. The number of nitrogen functional groups attached to an aromatic ring is 1. The Hall–Kier alpha value is -3.43. The predicted molar refractivity (Wildman–Crippen MR) is 112 cm³/mol. The number of hydrogen-bond acceptors (Lipinski definition) is 6. The van der Waals surface area contributed by atoms with E-state index in [0.29, 0.717) is 23.8 Å². The van der Waals surface area contributed by atoms with Gasteiger partial charge in [-0.25, -0.2) is 13.8 Å². The first kappa shape index (κ1) is 22.9. The Kier molecular flexibility index (Phi) is 7.90. The number of halogens is 2. The fraction of sp³-hybridized carbons (Fsp3) is 0.350. The minimum absolute atomic E-state index is 0.297. The molecule has 0 fully saturated rings. The SMILES string of the molecule is CC(C)Cc1[nH]nc2ncc(NC(=O)c3c(F)ccc(N)c3F)cc12.CCCN=O. The van der Waals surface area contributed by atoms with E-state index in [0.717, 1.165) is 36.1 Å². The lowest BCUT2D eigenvalue weighted by molar-refractivity contribution is 0.101. The van der Waals surface area contributed by atoms with E-state index < -0.39 is 23.1 Å². The second-order valence-electron chi connectivity index (χ2n) is 7.03. The van der Waals surface area contributed by atoms with Crippen LogP contribution in [0, 0.1) is 22.5 Å². The van der Waals surface area contributed by atoms with Gasteiger partial charge in [-0.2, -0.15) is 10.0 Å². The molecule has 2 heterocycles. The van der Waals surface area contributed by atoms with Gasteiger partial charge in [0, 0.05) is 11.1 Å². The highest BCUT2D eigenvalue weighted by molar-refractivity contribution is 6.05. The van der Waals surface area contributed by atoms with Crippen LogP contribution in [0.5, 0.6) is 0 Å². The number of benzene rings is 1. The highest BCUT2D eigenvalue weighted by Gasteiger charge is 2.20. The number of amides is 1. The van der Waals surface area contributed by atoms with Crippen molar-refractivity contribution >= 4 is 28.3 Å². The number of nitroso groups, excluding NO2 is 1. The second kappa shape index (κ2) is 10.4. The van der Waals surface area contributed by atoms with Crippen molar-refractivity contribution in [3.05, 3.63) is 52.2 Å². The smallest absolute Gasteiger partial charge is 0.261 e. The Morgan fingerprint density at radius 1 is 1.33 bits per heavy atom. The van der Waals surface area contributed by atoms with Crippen LogP contribution in [-0.2, 0) is 6.42 Å². The lowest BCUT2D eigenvalue weighted by Crippen LogP contribution is -2.17. The average Bonchev–Trinajstić information content (AvgIpc) is 3.08. The quantitative estimate of drug-likeness (QED) is 0.403. The Morgan fingerprint density at radius 2 is 2.07 bits per heavy atom. The first-order chi connectivity index (χ1) is 14.3. The van der Waals surface area contributed by atoms with Crippen molar-refractivity contribution in [1.82, 2.24) is 15.2 Å². The number of fused-ring (bicyclic) bond motifs is 1. The fourth-order valence-electron chi connectivity index (χ4n) is 2.64. The summed E-state index contributed by atoms with van der Waals surface area (Å²) in [6, 6.07) is 3.69. The number of aromatic amines is 1. The molecule has 2 aromatic heterocycles. The molecule has 1 amide bonds. The van der Waals surface area contributed by atoms with Gasteiger partial charge in [-0.05, 0) is 37.0 Å². The van der Waals surface area contributed by atoms with E-state index in [-0.39, 0.29) is 5.69 Å². The molecule has 0 aliphatic rings. The number of nitrogens with zero attached hydrogens (tertiary/aromatic N) is 3. The normalized spacial score (nSPS) is 10.6. The molecule has 1 aromatic carbocycles. The van der Waals surface area contributed by atoms with E-state index in [1.807, 2.05) is 6.92 Å². The molecule has 0 radical (unpaired) electrons. The van der Waals surface area contributed by atoms with Gasteiger partial charge in [0.1, 0.15) is 11.4 Å². The van der Waals surface area contributed by atoms with Crippen molar-refractivity contribution in [2.75, 3.05) is 17.6 Å². The molecule has 0 saturated carbocycles. The maximum Gasteiger partial charge on any atom is 0.261 e. The third kappa shape index (κ3) is 5.56. The summed E-state index contributed by atoms with van der Waals surface area (Å²) in [6.07, 6.45) is 3.00. The third-order valence-electron chi connectivity index (χ3n) is 4.02. The summed E-state index contributed by atoms with van der Waals surface area (Å²) in [5.74, 6) is -2.60. The molecule has 10 heteroatoms. The number of nitrogens with one attached hydrogen (secondary N) is 2. The Morgan fingerprint density at radius 3 is 2.67 bits per heavy atom. The monoisotopic (exact) mass is 418 g/mol. The van der Waals surface area contributed by atoms with Crippen LogP contribution in [-0.4, -0.2) is 27.6 Å². The van der Waals surface area contributed by atoms with Crippen LogP contribution in [0.25, 0.3) is 11.0 Å². The summed E-state index contributed by atoms with van der Waals surface area (Å²) < 4.78 is 27.8. The zero-order valence-corrected chi connectivity index (χ0v) is 17.0. The third-order valence-corrected chi connectivity index (χ3v) is 4.02. The summed E-state index contributed by atoms with van der Waals surface area (Å²) in [7, 11) is 0. The molecule has 3 rings (SSSR count). The predicted octanol–water partition coefficient (Wildman–Crippen LogP) is 4.43. The van der Waals surface area contributed by atoms with Gasteiger partial charge in [-0.1, -0.05) is 25.9 Å². The molecule has 0 saturated heterocycles. The number of rotatable bonds is 6.